The molecule has 3 aromatic rings. The lowest BCUT2D eigenvalue weighted by atomic mass is 10.0. The number of aliphatic hydroxyl groups is 1. The minimum absolute atomic E-state index is 0.0113. The zero-order chi connectivity index (χ0) is 23.2. The van der Waals surface area contributed by atoms with Crippen molar-refractivity contribution in [2.45, 2.75) is 36.9 Å². The third-order valence-corrected chi connectivity index (χ3v) is 5.68. The van der Waals surface area contributed by atoms with Crippen LogP contribution in [0.4, 0.5) is 19.0 Å². The van der Waals surface area contributed by atoms with E-state index in [4.69, 9.17) is 11.6 Å². The SMILES string of the molecule is CC(O)C(Cl)NC(=O)c1cnn2ccc(N3CC(F)(F)CC3c3cc(F)ccc3O)nc12. The average Bonchev–Trinajstić information content (AvgIpc) is 3.29. The number of rotatable bonds is 5. The summed E-state index contributed by atoms with van der Waals surface area (Å²) in [5.74, 6) is -4.65. The van der Waals surface area contributed by atoms with Gasteiger partial charge in [0.05, 0.1) is 24.9 Å². The van der Waals surface area contributed by atoms with Crippen molar-refractivity contribution < 1.29 is 28.2 Å². The number of carbonyl (C=O) groups is 1. The van der Waals surface area contributed by atoms with Gasteiger partial charge in [-0.1, -0.05) is 11.6 Å². The second kappa shape index (κ2) is 8.14. The fourth-order valence-corrected chi connectivity index (χ4v) is 3.73. The van der Waals surface area contributed by atoms with Gasteiger partial charge in [-0.15, -0.1) is 0 Å². The van der Waals surface area contributed by atoms with Gasteiger partial charge in [0.15, 0.2) is 5.65 Å². The number of anilines is 1. The van der Waals surface area contributed by atoms with Gasteiger partial charge in [-0.3, -0.25) is 4.79 Å². The van der Waals surface area contributed by atoms with Crippen LogP contribution < -0.4 is 10.2 Å². The molecule has 170 valence electrons. The molecule has 4 rings (SSSR count). The summed E-state index contributed by atoms with van der Waals surface area (Å²) in [6, 6.07) is 3.56. The molecule has 3 unspecified atom stereocenters. The Labute approximate surface area is 185 Å². The van der Waals surface area contributed by atoms with Crippen molar-refractivity contribution in [3.8, 4) is 5.75 Å². The molecule has 2 aromatic heterocycles. The first kappa shape index (κ1) is 22.2. The number of hydrogen-bond acceptors (Lipinski definition) is 6. The smallest absolute Gasteiger partial charge is 0.267 e. The maximum Gasteiger partial charge on any atom is 0.267 e. The normalized spacial score (nSPS) is 19.8. The van der Waals surface area contributed by atoms with Crippen LogP contribution in [0.3, 0.4) is 0 Å². The van der Waals surface area contributed by atoms with Gasteiger partial charge >= 0.3 is 0 Å². The predicted molar refractivity (Wildman–Crippen MR) is 109 cm³/mol. The summed E-state index contributed by atoms with van der Waals surface area (Å²) >= 11 is 5.88. The van der Waals surface area contributed by atoms with E-state index in [1.165, 1.54) is 34.8 Å². The number of phenolic OH excluding ortho intramolecular Hbond substituents is 1. The molecule has 1 aliphatic heterocycles. The molecule has 0 spiro atoms. The molecule has 0 bridgehead atoms. The molecular formula is C20H19ClF3N5O3. The van der Waals surface area contributed by atoms with E-state index in [1.54, 1.807) is 0 Å². The highest BCUT2D eigenvalue weighted by molar-refractivity contribution is 6.22. The molecule has 0 aliphatic carbocycles. The number of aromatic hydroxyl groups is 1. The van der Waals surface area contributed by atoms with Gasteiger partial charge in [-0.25, -0.2) is 22.7 Å². The highest BCUT2D eigenvalue weighted by Gasteiger charge is 2.47. The van der Waals surface area contributed by atoms with Crippen LogP contribution in [-0.4, -0.2) is 54.8 Å². The van der Waals surface area contributed by atoms with Gasteiger partial charge in [-0.05, 0) is 31.2 Å². The number of alkyl halides is 3. The number of benzene rings is 1. The van der Waals surface area contributed by atoms with Crippen molar-refractivity contribution in [2.75, 3.05) is 11.4 Å². The van der Waals surface area contributed by atoms with Gasteiger partial charge in [0.2, 0.25) is 0 Å². The summed E-state index contributed by atoms with van der Waals surface area (Å²) in [5.41, 5.74) is -0.948. The molecule has 8 nitrogen and oxygen atoms in total. The lowest BCUT2D eigenvalue weighted by Crippen LogP contribution is -2.37. The Morgan fingerprint density at radius 1 is 1.38 bits per heavy atom. The number of halogens is 4. The number of aliphatic hydroxyl groups excluding tert-OH is 1. The molecule has 3 N–H and O–H groups in total. The van der Waals surface area contributed by atoms with E-state index >= 15 is 0 Å². The summed E-state index contributed by atoms with van der Waals surface area (Å²) in [4.78, 5) is 18.1. The summed E-state index contributed by atoms with van der Waals surface area (Å²) in [6.07, 6.45) is 1.02. The first-order chi connectivity index (χ1) is 15.1. The first-order valence-corrected chi connectivity index (χ1v) is 10.1. The van der Waals surface area contributed by atoms with Gasteiger partial charge in [0, 0.05) is 18.2 Å². The Hall–Kier alpha value is -3.05. The number of carbonyl (C=O) groups excluding carboxylic acids is 1. The number of hydrogen-bond donors (Lipinski definition) is 3. The van der Waals surface area contributed by atoms with E-state index in [9.17, 15) is 28.2 Å². The zero-order valence-electron chi connectivity index (χ0n) is 16.7. The van der Waals surface area contributed by atoms with Gasteiger partial charge in [0.25, 0.3) is 11.8 Å². The molecule has 3 atom stereocenters. The Kier molecular flexibility index (Phi) is 5.63. The second-order valence-electron chi connectivity index (χ2n) is 7.63. The van der Waals surface area contributed by atoms with Crippen LogP contribution in [0, 0.1) is 5.82 Å². The van der Waals surface area contributed by atoms with E-state index in [1.807, 2.05) is 0 Å². The molecule has 0 saturated carbocycles. The topological polar surface area (TPSA) is 103 Å². The van der Waals surface area contributed by atoms with Crippen LogP contribution in [0.25, 0.3) is 5.65 Å². The summed E-state index contributed by atoms with van der Waals surface area (Å²) < 4.78 is 43.8. The first-order valence-electron chi connectivity index (χ1n) is 9.66. The molecule has 1 fully saturated rings. The molecule has 1 saturated heterocycles. The number of phenols is 1. The Morgan fingerprint density at radius 2 is 2.12 bits per heavy atom. The van der Waals surface area contributed by atoms with Gasteiger partial charge < -0.3 is 20.4 Å². The minimum atomic E-state index is -3.11. The Morgan fingerprint density at radius 3 is 2.84 bits per heavy atom. The maximum atomic E-state index is 14.4. The quantitative estimate of drug-likeness (QED) is 0.392. The number of nitrogens with one attached hydrogen (secondary N) is 1. The van der Waals surface area contributed by atoms with Gasteiger partial charge in [0.1, 0.15) is 28.4 Å². The minimum Gasteiger partial charge on any atom is -0.508 e. The molecule has 32 heavy (non-hydrogen) atoms. The van der Waals surface area contributed by atoms with Crippen molar-refractivity contribution in [1.82, 2.24) is 19.9 Å². The molecule has 3 heterocycles. The molecule has 1 amide bonds. The molecular weight excluding hydrogens is 451 g/mol. The number of aromatic nitrogens is 3. The fraction of sp³-hybridized carbons (Fsp3) is 0.350. The molecule has 0 radical (unpaired) electrons. The number of nitrogens with zero attached hydrogens (tertiary/aromatic N) is 4. The Bertz CT molecular complexity index is 1170. The van der Waals surface area contributed by atoms with Crippen LogP contribution in [0.15, 0.2) is 36.7 Å². The van der Waals surface area contributed by atoms with Gasteiger partial charge in [-0.2, -0.15) is 5.10 Å². The standard InChI is InChI=1S/C20H19ClF3N5O3/c1-10(30)17(21)27-19(32)13-8-25-29-5-4-16(26-18(13)29)28-9-20(23,24)7-14(28)12-6-11(22)2-3-15(12)31/h2-6,8,10,14,17,30-31H,7,9H2,1H3,(H,27,32). The largest absolute Gasteiger partial charge is 0.508 e. The summed E-state index contributed by atoms with van der Waals surface area (Å²) in [6.45, 7) is 0.693. The van der Waals surface area contributed by atoms with Crippen LogP contribution >= 0.6 is 11.6 Å². The summed E-state index contributed by atoms with van der Waals surface area (Å²) in [7, 11) is 0. The Balaban J connectivity index is 1.73. The number of amides is 1. The van der Waals surface area contributed by atoms with Crippen LogP contribution in [0.5, 0.6) is 5.75 Å². The fourth-order valence-electron chi connectivity index (χ4n) is 3.63. The van der Waals surface area contributed by atoms with Crippen molar-refractivity contribution in [3.63, 3.8) is 0 Å². The van der Waals surface area contributed by atoms with Crippen LogP contribution in [0.2, 0.25) is 0 Å². The van der Waals surface area contributed by atoms with E-state index in [0.29, 0.717) is 0 Å². The molecule has 1 aromatic carbocycles. The maximum absolute atomic E-state index is 14.4. The lowest BCUT2D eigenvalue weighted by molar-refractivity contribution is 0.0222. The van der Waals surface area contributed by atoms with Crippen LogP contribution in [-0.2, 0) is 0 Å². The molecule has 12 heteroatoms. The predicted octanol–water partition coefficient (Wildman–Crippen LogP) is 2.84. The second-order valence-corrected chi connectivity index (χ2v) is 8.11. The van der Waals surface area contributed by atoms with Crippen LogP contribution in [0.1, 0.15) is 35.3 Å². The van der Waals surface area contributed by atoms with Crippen molar-refractivity contribution in [2.24, 2.45) is 0 Å². The van der Waals surface area contributed by atoms with E-state index < -0.39 is 48.3 Å². The monoisotopic (exact) mass is 469 g/mol. The van der Waals surface area contributed by atoms with E-state index in [-0.39, 0.29) is 28.3 Å². The third kappa shape index (κ3) is 4.17. The van der Waals surface area contributed by atoms with Crippen molar-refractivity contribution >= 4 is 29.0 Å². The van der Waals surface area contributed by atoms with E-state index in [2.05, 4.69) is 15.4 Å². The third-order valence-electron chi connectivity index (χ3n) is 5.20. The zero-order valence-corrected chi connectivity index (χ0v) is 17.5. The highest BCUT2D eigenvalue weighted by atomic mass is 35.5. The van der Waals surface area contributed by atoms with Crippen molar-refractivity contribution in [1.29, 1.82) is 0 Å². The average molecular weight is 470 g/mol. The highest BCUT2D eigenvalue weighted by Crippen LogP contribution is 2.45. The lowest BCUT2D eigenvalue weighted by Gasteiger charge is -2.26. The summed E-state index contributed by atoms with van der Waals surface area (Å²) in [5, 5.41) is 26.1. The van der Waals surface area contributed by atoms with E-state index in [0.717, 1.165) is 18.2 Å². The number of fused-ring (bicyclic) bond motifs is 1. The van der Waals surface area contributed by atoms with Crippen molar-refractivity contribution in [3.05, 3.63) is 53.6 Å². The molecule has 1 aliphatic rings.